The average Bonchev–Trinajstić information content (AvgIpc) is 2.75. The smallest absolute Gasteiger partial charge is 0.226 e. The van der Waals surface area contributed by atoms with Gasteiger partial charge in [0.2, 0.25) is 5.91 Å². The number of hydrogen-bond donors (Lipinski definition) is 0. The van der Waals surface area contributed by atoms with Gasteiger partial charge < -0.3 is 9.64 Å². The van der Waals surface area contributed by atoms with Crippen molar-refractivity contribution in [3.8, 4) is 5.75 Å². The molecule has 4 rings (SSSR count). The summed E-state index contributed by atoms with van der Waals surface area (Å²) in [5, 5.41) is 0. The van der Waals surface area contributed by atoms with E-state index in [1.807, 2.05) is 19.1 Å². The van der Waals surface area contributed by atoms with Crippen molar-refractivity contribution >= 4 is 5.91 Å². The van der Waals surface area contributed by atoms with Gasteiger partial charge in [-0.3, -0.25) is 9.69 Å². The number of carbonyl (C=O) groups excluding carboxylic acids is 1. The fourth-order valence-electron chi connectivity index (χ4n) is 4.40. The Hall–Kier alpha value is -2.33. The number of rotatable bonds is 5. The standard InChI is InChI=1S/C24H30N2O2/c1-2-28-23-9-7-19(8-10-23)17-25-14-11-21(12-15-25)24(27)26-16-13-20-5-3-4-6-22(20)18-26/h3-10,21H,2,11-18H2,1H3. The first kappa shape index (κ1) is 19.0. The number of nitrogens with zero attached hydrogens (tertiary/aromatic N) is 2. The largest absolute Gasteiger partial charge is 0.494 e. The molecule has 148 valence electrons. The van der Waals surface area contributed by atoms with Gasteiger partial charge in [0.1, 0.15) is 5.75 Å². The summed E-state index contributed by atoms with van der Waals surface area (Å²) in [7, 11) is 0. The van der Waals surface area contributed by atoms with Gasteiger partial charge in [-0.05, 0) is 68.1 Å². The monoisotopic (exact) mass is 378 g/mol. The van der Waals surface area contributed by atoms with Crippen LogP contribution in [0.25, 0.3) is 0 Å². The fourth-order valence-corrected chi connectivity index (χ4v) is 4.40. The second kappa shape index (κ2) is 8.78. The summed E-state index contributed by atoms with van der Waals surface area (Å²) in [6, 6.07) is 16.9. The summed E-state index contributed by atoms with van der Waals surface area (Å²) in [5.74, 6) is 1.47. The molecule has 28 heavy (non-hydrogen) atoms. The van der Waals surface area contributed by atoms with E-state index in [0.29, 0.717) is 12.5 Å². The van der Waals surface area contributed by atoms with E-state index in [-0.39, 0.29) is 5.92 Å². The molecule has 0 bridgehead atoms. The maximum absolute atomic E-state index is 13.0. The molecule has 0 radical (unpaired) electrons. The van der Waals surface area contributed by atoms with E-state index in [0.717, 1.165) is 57.7 Å². The Morgan fingerprint density at radius 1 is 1.00 bits per heavy atom. The molecular formula is C24H30N2O2. The first-order valence-corrected chi connectivity index (χ1v) is 10.5. The number of ether oxygens (including phenoxy) is 1. The number of benzene rings is 2. The number of fused-ring (bicyclic) bond motifs is 1. The van der Waals surface area contributed by atoms with E-state index in [1.165, 1.54) is 16.7 Å². The molecule has 0 aromatic heterocycles. The van der Waals surface area contributed by atoms with Crippen molar-refractivity contribution in [2.75, 3.05) is 26.2 Å². The normalized spacial score (nSPS) is 18.0. The molecule has 2 heterocycles. The van der Waals surface area contributed by atoms with Crippen LogP contribution in [0.3, 0.4) is 0 Å². The Kier molecular flexibility index (Phi) is 5.96. The molecule has 1 amide bonds. The number of carbonyl (C=O) groups is 1. The van der Waals surface area contributed by atoms with Crippen LogP contribution in [0.4, 0.5) is 0 Å². The van der Waals surface area contributed by atoms with Gasteiger partial charge in [0, 0.05) is 25.6 Å². The zero-order valence-electron chi connectivity index (χ0n) is 16.8. The molecule has 4 heteroatoms. The molecule has 0 N–H and O–H groups in total. The van der Waals surface area contributed by atoms with E-state index in [9.17, 15) is 4.79 Å². The SMILES string of the molecule is CCOc1ccc(CN2CCC(C(=O)N3CCc4ccccc4C3)CC2)cc1. The van der Waals surface area contributed by atoms with Gasteiger partial charge in [0.15, 0.2) is 0 Å². The molecule has 0 aliphatic carbocycles. The van der Waals surface area contributed by atoms with Crippen LogP contribution in [0.5, 0.6) is 5.75 Å². The number of likely N-dealkylation sites (tertiary alicyclic amines) is 1. The van der Waals surface area contributed by atoms with Gasteiger partial charge in [-0.15, -0.1) is 0 Å². The lowest BCUT2D eigenvalue weighted by Gasteiger charge is -2.36. The third-order valence-corrected chi connectivity index (χ3v) is 6.02. The number of piperidine rings is 1. The molecule has 0 unspecified atom stereocenters. The summed E-state index contributed by atoms with van der Waals surface area (Å²) in [6.45, 7) is 7.28. The fraction of sp³-hybridized carbons (Fsp3) is 0.458. The van der Waals surface area contributed by atoms with Crippen LogP contribution in [0, 0.1) is 5.92 Å². The summed E-state index contributed by atoms with van der Waals surface area (Å²) in [6.07, 6.45) is 2.92. The summed E-state index contributed by atoms with van der Waals surface area (Å²) >= 11 is 0. The van der Waals surface area contributed by atoms with E-state index >= 15 is 0 Å². The highest BCUT2D eigenvalue weighted by Crippen LogP contribution is 2.25. The zero-order valence-corrected chi connectivity index (χ0v) is 16.8. The van der Waals surface area contributed by atoms with Crippen LogP contribution in [-0.4, -0.2) is 41.9 Å². The minimum absolute atomic E-state index is 0.182. The highest BCUT2D eigenvalue weighted by molar-refractivity contribution is 5.79. The van der Waals surface area contributed by atoms with E-state index in [4.69, 9.17) is 4.74 Å². The first-order chi connectivity index (χ1) is 13.7. The number of hydrogen-bond acceptors (Lipinski definition) is 3. The maximum Gasteiger partial charge on any atom is 0.226 e. The molecule has 1 saturated heterocycles. The molecular weight excluding hydrogens is 348 g/mol. The van der Waals surface area contributed by atoms with Crippen molar-refractivity contribution in [2.45, 2.75) is 39.3 Å². The van der Waals surface area contributed by atoms with Gasteiger partial charge in [-0.2, -0.15) is 0 Å². The van der Waals surface area contributed by atoms with Crippen molar-refractivity contribution in [3.05, 3.63) is 65.2 Å². The Labute approximate surface area is 168 Å². The minimum Gasteiger partial charge on any atom is -0.494 e. The van der Waals surface area contributed by atoms with Crippen molar-refractivity contribution in [2.24, 2.45) is 5.92 Å². The van der Waals surface area contributed by atoms with Crippen LogP contribution < -0.4 is 4.74 Å². The van der Waals surface area contributed by atoms with Crippen molar-refractivity contribution in [1.82, 2.24) is 9.80 Å². The lowest BCUT2D eigenvalue weighted by molar-refractivity contribution is -0.138. The predicted molar refractivity (Wildman–Crippen MR) is 111 cm³/mol. The quantitative estimate of drug-likeness (QED) is 0.791. The lowest BCUT2D eigenvalue weighted by Crippen LogP contribution is -2.44. The topological polar surface area (TPSA) is 32.8 Å². The molecule has 2 aromatic rings. The van der Waals surface area contributed by atoms with Crippen LogP contribution >= 0.6 is 0 Å². The Balaban J connectivity index is 1.27. The van der Waals surface area contributed by atoms with Gasteiger partial charge in [-0.1, -0.05) is 36.4 Å². The Morgan fingerprint density at radius 2 is 1.71 bits per heavy atom. The van der Waals surface area contributed by atoms with E-state index in [2.05, 4.69) is 46.2 Å². The second-order valence-corrected chi connectivity index (χ2v) is 7.91. The highest BCUT2D eigenvalue weighted by Gasteiger charge is 2.30. The summed E-state index contributed by atoms with van der Waals surface area (Å²) in [5.41, 5.74) is 4.02. The maximum atomic E-state index is 13.0. The van der Waals surface area contributed by atoms with Gasteiger partial charge in [0.25, 0.3) is 0 Å². The molecule has 4 nitrogen and oxygen atoms in total. The van der Waals surface area contributed by atoms with Gasteiger partial charge >= 0.3 is 0 Å². The summed E-state index contributed by atoms with van der Waals surface area (Å²) < 4.78 is 5.52. The van der Waals surface area contributed by atoms with Crippen molar-refractivity contribution in [1.29, 1.82) is 0 Å². The molecule has 2 aromatic carbocycles. The molecule has 2 aliphatic rings. The number of amides is 1. The minimum atomic E-state index is 0.182. The molecule has 0 atom stereocenters. The molecule has 2 aliphatic heterocycles. The molecule has 0 saturated carbocycles. The first-order valence-electron chi connectivity index (χ1n) is 10.5. The summed E-state index contributed by atoms with van der Waals surface area (Å²) in [4.78, 5) is 17.6. The lowest BCUT2D eigenvalue weighted by atomic mass is 9.93. The third-order valence-electron chi connectivity index (χ3n) is 6.02. The average molecular weight is 379 g/mol. The molecule has 0 spiro atoms. The van der Waals surface area contributed by atoms with Crippen LogP contribution in [0.2, 0.25) is 0 Å². The van der Waals surface area contributed by atoms with Crippen LogP contribution in [-0.2, 0) is 24.3 Å². The van der Waals surface area contributed by atoms with Crippen LogP contribution in [0.15, 0.2) is 48.5 Å². The predicted octanol–water partition coefficient (Wildman–Crippen LogP) is 3.88. The Bertz CT molecular complexity index is 795. The highest BCUT2D eigenvalue weighted by atomic mass is 16.5. The van der Waals surface area contributed by atoms with Gasteiger partial charge in [-0.25, -0.2) is 0 Å². The van der Waals surface area contributed by atoms with E-state index in [1.54, 1.807) is 0 Å². The third kappa shape index (κ3) is 4.39. The zero-order chi connectivity index (χ0) is 19.3. The van der Waals surface area contributed by atoms with Crippen LogP contribution in [0.1, 0.15) is 36.5 Å². The van der Waals surface area contributed by atoms with Crippen molar-refractivity contribution < 1.29 is 9.53 Å². The molecule has 1 fully saturated rings. The van der Waals surface area contributed by atoms with E-state index < -0.39 is 0 Å². The van der Waals surface area contributed by atoms with Crippen molar-refractivity contribution in [3.63, 3.8) is 0 Å². The van der Waals surface area contributed by atoms with Gasteiger partial charge in [0.05, 0.1) is 6.61 Å². The Morgan fingerprint density at radius 3 is 2.43 bits per heavy atom. The second-order valence-electron chi connectivity index (χ2n) is 7.91.